The molecule has 0 radical (unpaired) electrons. The van der Waals surface area contributed by atoms with E-state index in [2.05, 4.69) is 20.6 Å². The standard InChI is InChI=1S/C40H52F4N6O9S.4H2O/c1-7-22-27-19-50(28(22)32(51)48-39(18-23(39)31(41)42)35(53)49-60(55,56)38(5)14-15-38)34(52)30(37(2,3)4)47-36(54)59-26-16-20(26)10-8-9-13-40(43,44)29-33(58-27)46-25-17-21(57-6)11-12-24(25)45-29;;;;/h11-12,17,20,22-23,26-28,30-31H,7-10,13-16,18-19H2,1-6H3,(H,47,54)(H,48,51)(H,49,53);4*1H2/t20-,22-,23+,26-,27+,28+,30-,39-;;;;/m1..../s1. The number of nitrogens with one attached hydrogen (secondary N) is 3. The number of fused-ring (bicyclic) bond motifs is 5. The average Bonchev–Trinajstić information content (AvgIpc) is 4.12. The predicted octanol–water partition coefficient (Wildman–Crippen LogP) is 1.66. The van der Waals surface area contributed by atoms with Crippen molar-refractivity contribution in [2.45, 2.75) is 139 Å². The molecule has 64 heavy (non-hydrogen) atoms. The topological polar surface area (TPSA) is 321 Å². The van der Waals surface area contributed by atoms with Crippen molar-refractivity contribution in [2.24, 2.45) is 23.2 Å². The van der Waals surface area contributed by atoms with Crippen LogP contribution in [0.2, 0.25) is 0 Å². The number of alkyl carbamates (subject to hydrolysis) is 1. The number of amides is 4. The zero-order chi connectivity index (χ0) is 43.7. The molecule has 7 rings (SSSR count). The highest BCUT2D eigenvalue weighted by atomic mass is 32.2. The Kier molecular flexibility index (Phi) is 16.0. The SMILES string of the molecule is CC[C@@H]1[C@@H]2CN(C(=O)[C@H](C(C)(C)C)NC(=O)O[C@@H]3C[C@H]3CCCCC(F)(F)c3nc4ccc(OC)cc4nc3O2)[C@@H]1C(=O)N[C@]1(C(=O)NS(=O)(=O)C2(C)CC2)C[C@H]1C(F)F.O.O.O.O. The van der Waals surface area contributed by atoms with Gasteiger partial charge in [0.2, 0.25) is 34.1 Å². The van der Waals surface area contributed by atoms with Gasteiger partial charge in [0, 0.05) is 18.4 Å². The maximum atomic E-state index is 16.3. The molecular formula is C40H60F4N6O13S. The van der Waals surface area contributed by atoms with Gasteiger partial charge in [0.15, 0.2) is 5.69 Å². The zero-order valence-electron chi connectivity index (χ0n) is 36.4. The lowest BCUT2D eigenvalue weighted by molar-refractivity contribution is -0.144. The molecule has 3 saturated carbocycles. The van der Waals surface area contributed by atoms with E-state index in [0.29, 0.717) is 25.0 Å². The highest BCUT2D eigenvalue weighted by Gasteiger charge is 2.68. The number of aromatic nitrogens is 2. The summed E-state index contributed by atoms with van der Waals surface area (Å²) in [4.78, 5) is 66.3. The molecule has 2 bridgehead atoms. The van der Waals surface area contributed by atoms with Crippen LogP contribution >= 0.6 is 0 Å². The third kappa shape index (κ3) is 10.2. The third-order valence-electron chi connectivity index (χ3n) is 12.8. The maximum absolute atomic E-state index is 16.3. The number of ether oxygens (including phenoxy) is 3. The second-order valence-corrected chi connectivity index (χ2v) is 20.4. The first-order valence-electron chi connectivity index (χ1n) is 20.4. The summed E-state index contributed by atoms with van der Waals surface area (Å²) in [7, 11) is -2.89. The first kappa shape index (κ1) is 53.7. The minimum Gasteiger partial charge on any atom is -0.497 e. The van der Waals surface area contributed by atoms with Crippen LogP contribution in [0.4, 0.5) is 22.4 Å². The highest BCUT2D eigenvalue weighted by molar-refractivity contribution is 7.91. The van der Waals surface area contributed by atoms with Crippen molar-refractivity contribution in [1.82, 2.24) is 30.2 Å². The molecule has 19 nitrogen and oxygen atoms in total. The van der Waals surface area contributed by atoms with Crippen LogP contribution in [-0.4, -0.2) is 124 Å². The summed E-state index contributed by atoms with van der Waals surface area (Å²) in [6.07, 6.45) is -4.91. The summed E-state index contributed by atoms with van der Waals surface area (Å²) in [6.45, 7) is 7.62. The number of methoxy groups -OCH3 is 1. The second kappa shape index (κ2) is 19.1. The number of hydrogen-bond donors (Lipinski definition) is 3. The van der Waals surface area contributed by atoms with E-state index in [1.54, 1.807) is 33.8 Å². The molecule has 11 N–H and O–H groups in total. The van der Waals surface area contributed by atoms with E-state index in [0.717, 1.165) is 4.90 Å². The van der Waals surface area contributed by atoms with E-state index in [9.17, 15) is 36.4 Å². The normalized spacial score (nSPS) is 29.4. The van der Waals surface area contributed by atoms with Gasteiger partial charge < -0.3 is 51.6 Å². The first-order chi connectivity index (χ1) is 28.0. The fraction of sp³-hybridized carbons (Fsp3) is 0.700. The van der Waals surface area contributed by atoms with Gasteiger partial charge in [-0.1, -0.05) is 34.1 Å². The van der Waals surface area contributed by atoms with Crippen LogP contribution < -0.4 is 24.8 Å². The van der Waals surface area contributed by atoms with E-state index in [4.69, 9.17) is 14.2 Å². The molecule has 0 spiro atoms. The summed E-state index contributed by atoms with van der Waals surface area (Å²) in [6, 6.07) is 1.59. The minimum atomic E-state index is -4.31. The van der Waals surface area contributed by atoms with Crippen molar-refractivity contribution in [3.63, 3.8) is 0 Å². The van der Waals surface area contributed by atoms with Gasteiger partial charge in [-0.05, 0) is 75.3 Å². The van der Waals surface area contributed by atoms with E-state index in [-0.39, 0.29) is 64.5 Å². The van der Waals surface area contributed by atoms with Crippen molar-refractivity contribution >= 4 is 44.9 Å². The molecule has 2 aliphatic heterocycles. The number of rotatable bonds is 8. The van der Waals surface area contributed by atoms with Crippen molar-refractivity contribution < 1.29 is 81.3 Å². The first-order valence-corrected chi connectivity index (χ1v) is 21.9. The van der Waals surface area contributed by atoms with Crippen LogP contribution in [0.15, 0.2) is 18.2 Å². The number of alkyl halides is 4. The van der Waals surface area contributed by atoms with Gasteiger partial charge in [0.1, 0.15) is 35.6 Å². The molecule has 8 atom stereocenters. The van der Waals surface area contributed by atoms with Gasteiger partial charge in [0.05, 0.1) is 35.4 Å². The molecule has 1 aromatic carbocycles. The molecule has 1 saturated heterocycles. The van der Waals surface area contributed by atoms with Gasteiger partial charge in [-0.2, -0.15) is 8.78 Å². The summed E-state index contributed by atoms with van der Waals surface area (Å²) in [5.74, 6) is -9.85. The Balaban J connectivity index is 0.00000272. The molecule has 4 fully saturated rings. The van der Waals surface area contributed by atoms with Crippen LogP contribution in [0, 0.1) is 23.2 Å². The number of nitrogens with zero attached hydrogens (tertiary/aromatic N) is 3. The zero-order valence-corrected chi connectivity index (χ0v) is 37.2. The quantitative estimate of drug-likeness (QED) is 0.320. The monoisotopic (exact) mass is 940 g/mol. The number of carbonyl (C=O) groups excluding carboxylic acids is 4. The molecule has 362 valence electrons. The van der Waals surface area contributed by atoms with Crippen LogP contribution in [0.1, 0.15) is 98.1 Å². The number of sulfonamides is 1. The minimum absolute atomic E-state index is 0. The molecule has 3 heterocycles. The van der Waals surface area contributed by atoms with Crippen molar-refractivity contribution in [2.75, 3.05) is 13.7 Å². The molecule has 5 aliphatic rings. The Morgan fingerprint density at radius 1 is 1.02 bits per heavy atom. The van der Waals surface area contributed by atoms with Crippen molar-refractivity contribution in [3.8, 4) is 11.6 Å². The van der Waals surface area contributed by atoms with Gasteiger partial charge >= 0.3 is 6.09 Å². The Morgan fingerprint density at radius 2 is 1.69 bits per heavy atom. The average molecular weight is 941 g/mol. The van der Waals surface area contributed by atoms with Crippen LogP contribution in [-0.2, 0) is 35.1 Å². The van der Waals surface area contributed by atoms with Crippen molar-refractivity contribution in [1.29, 1.82) is 0 Å². The smallest absolute Gasteiger partial charge is 0.408 e. The van der Waals surface area contributed by atoms with E-state index >= 15 is 8.78 Å². The summed E-state index contributed by atoms with van der Waals surface area (Å²) in [5.41, 5.74) is -3.83. The van der Waals surface area contributed by atoms with Crippen LogP contribution in [0.5, 0.6) is 11.6 Å². The van der Waals surface area contributed by atoms with Crippen molar-refractivity contribution in [3.05, 3.63) is 23.9 Å². The fourth-order valence-electron chi connectivity index (χ4n) is 8.43. The molecular weight excluding hydrogens is 881 g/mol. The fourth-order valence-corrected chi connectivity index (χ4v) is 9.74. The van der Waals surface area contributed by atoms with Gasteiger partial charge in [0.25, 0.3) is 11.8 Å². The number of carbonyl (C=O) groups is 4. The number of hydrogen-bond acceptors (Lipinski definition) is 11. The maximum Gasteiger partial charge on any atom is 0.408 e. The molecule has 1 aromatic heterocycles. The molecule has 4 amide bonds. The summed E-state index contributed by atoms with van der Waals surface area (Å²) < 4.78 is 105. The summed E-state index contributed by atoms with van der Waals surface area (Å²) in [5, 5.41) is 5.06. The molecule has 2 aromatic rings. The van der Waals surface area contributed by atoms with Gasteiger partial charge in [-0.15, -0.1) is 0 Å². The lowest BCUT2D eigenvalue weighted by atomic mass is 9.85. The Labute approximate surface area is 367 Å². The van der Waals surface area contributed by atoms with E-state index in [1.165, 1.54) is 26.2 Å². The largest absolute Gasteiger partial charge is 0.497 e. The molecule has 0 unspecified atom stereocenters. The highest BCUT2D eigenvalue weighted by Crippen LogP contribution is 2.50. The van der Waals surface area contributed by atoms with Crippen LogP contribution in [0.25, 0.3) is 11.0 Å². The van der Waals surface area contributed by atoms with E-state index < -0.39 is 129 Å². The summed E-state index contributed by atoms with van der Waals surface area (Å²) >= 11 is 0. The molecule has 3 aliphatic carbocycles. The Morgan fingerprint density at radius 3 is 2.27 bits per heavy atom. The number of halogens is 4. The van der Waals surface area contributed by atoms with Gasteiger partial charge in [-0.25, -0.2) is 32.0 Å². The Hall–Kier alpha value is -4.65. The molecule has 24 heteroatoms. The van der Waals surface area contributed by atoms with Crippen LogP contribution in [0.3, 0.4) is 0 Å². The predicted molar refractivity (Wildman–Crippen MR) is 221 cm³/mol. The third-order valence-corrected chi connectivity index (χ3v) is 14.9. The second-order valence-electron chi connectivity index (χ2n) is 18.2. The Bertz CT molecular complexity index is 2180. The number of benzene rings is 1. The lowest BCUT2D eigenvalue weighted by Gasteiger charge is -2.36. The van der Waals surface area contributed by atoms with Gasteiger partial charge in [-0.3, -0.25) is 19.1 Å². The van der Waals surface area contributed by atoms with E-state index in [1.807, 2.05) is 4.72 Å². The lowest BCUT2D eigenvalue weighted by Crippen LogP contribution is -2.61.